The third-order valence-corrected chi connectivity index (χ3v) is 3.93. The molecule has 0 bridgehead atoms. The number of anilines is 1. The Kier molecular flexibility index (Phi) is 2.83. The van der Waals surface area contributed by atoms with Crippen molar-refractivity contribution < 1.29 is 0 Å². The van der Waals surface area contributed by atoms with Crippen LogP contribution in [0.5, 0.6) is 0 Å². The molecule has 20 heavy (non-hydrogen) atoms. The van der Waals surface area contributed by atoms with E-state index in [4.69, 9.17) is 5.73 Å². The summed E-state index contributed by atoms with van der Waals surface area (Å²) in [5.74, 6) is 0. The highest BCUT2D eigenvalue weighted by atomic mass is 32.2. The van der Waals surface area contributed by atoms with Crippen molar-refractivity contribution in [2.75, 3.05) is 5.73 Å². The molecule has 0 saturated carbocycles. The Morgan fingerprint density at radius 1 is 1.35 bits per heavy atom. The molecule has 2 aromatic heterocycles. The van der Waals surface area contributed by atoms with Crippen LogP contribution >= 0.6 is 11.8 Å². The van der Waals surface area contributed by atoms with E-state index in [2.05, 4.69) is 20.2 Å². The summed E-state index contributed by atoms with van der Waals surface area (Å²) in [5, 5.41) is 7.14. The molecule has 0 aliphatic carbocycles. The van der Waals surface area contributed by atoms with Crippen LogP contribution in [-0.2, 0) is 7.05 Å². The number of aromatic amines is 2. The highest BCUT2D eigenvalue weighted by molar-refractivity contribution is 7.99. The molecule has 0 fully saturated rings. The van der Waals surface area contributed by atoms with E-state index in [1.54, 1.807) is 19.2 Å². The molecule has 0 aliphatic heterocycles. The first-order valence-corrected chi connectivity index (χ1v) is 6.44. The highest BCUT2D eigenvalue weighted by Crippen LogP contribution is 2.31. The lowest BCUT2D eigenvalue weighted by molar-refractivity contribution is 0.766. The number of nitrogens with zero attached hydrogens (tertiary/aromatic N) is 3. The van der Waals surface area contributed by atoms with E-state index in [1.807, 2.05) is 0 Å². The molecule has 3 aromatic rings. The summed E-state index contributed by atoms with van der Waals surface area (Å²) in [6, 6.07) is 3.26. The van der Waals surface area contributed by atoms with Crippen LogP contribution in [0.4, 0.5) is 5.69 Å². The van der Waals surface area contributed by atoms with Gasteiger partial charge in [0.2, 0.25) is 0 Å². The lowest BCUT2D eigenvalue weighted by atomic mass is 10.2. The third-order valence-electron chi connectivity index (χ3n) is 2.81. The summed E-state index contributed by atoms with van der Waals surface area (Å²) in [4.78, 5) is 30.2. The van der Waals surface area contributed by atoms with Crippen LogP contribution in [0.3, 0.4) is 0 Å². The number of aromatic nitrogens is 5. The molecular formula is C11H10N6O2S. The first kappa shape index (κ1) is 12.5. The zero-order valence-electron chi connectivity index (χ0n) is 10.4. The van der Waals surface area contributed by atoms with Gasteiger partial charge in [0, 0.05) is 17.6 Å². The Balaban J connectivity index is 2.13. The predicted molar refractivity (Wildman–Crippen MR) is 74.7 cm³/mol. The van der Waals surface area contributed by atoms with Crippen molar-refractivity contribution in [2.45, 2.75) is 10.1 Å². The van der Waals surface area contributed by atoms with Gasteiger partial charge in [-0.2, -0.15) is 0 Å². The molecule has 2 heterocycles. The van der Waals surface area contributed by atoms with Crippen LogP contribution in [0.25, 0.3) is 10.9 Å². The number of nitrogens with one attached hydrogen (secondary N) is 2. The molecule has 0 radical (unpaired) electrons. The number of rotatable bonds is 2. The molecule has 0 amide bonds. The monoisotopic (exact) mass is 290 g/mol. The fourth-order valence-corrected chi connectivity index (χ4v) is 2.58. The molecule has 1 aromatic carbocycles. The Labute approximate surface area is 116 Å². The maximum absolute atomic E-state index is 11.6. The number of H-pyrrole nitrogens is 2. The van der Waals surface area contributed by atoms with E-state index < -0.39 is 0 Å². The lowest BCUT2D eigenvalue weighted by Gasteiger charge is -2.05. The van der Waals surface area contributed by atoms with E-state index in [0.717, 1.165) is 0 Å². The van der Waals surface area contributed by atoms with E-state index in [1.165, 1.54) is 22.7 Å². The Morgan fingerprint density at radius 2 is 2.15 bits per heavy atom. The van der Waals surface area contributed by atoms with Gasteiger partial charge >= 0.3 is 5.69 Å². The van der Waals surface area contributed by atoms with Crippen LogP contribution in [0, 0.1) is 0 Å². The summed E-state index contributed by atoms with van der Waals surface area (Å²) in [5.41, 5.74) is 6.34. The second kappa shape index (κ2) is 4.53. The topological polar surface area (TPSA) is 122 Å². The van der Waals surface area contributed by atoms with Gasteiger partial charge in [-0.1, -0.05) is 0 Å². The second-order valence-electron chi connectivity index (χ2n) is 4.11. The number of nitrogens with two attached hydrogens (primary N) is 1. The summed E-state index contributed by atoms with van der Waals surface area (Å²) in [6.07, 6.45) is 1.33. The van der Waals surface area contributed by atoms with E-state index in [0.29, 0.717) is 26.6 Å². The maximum Gasteiger partial charge on any atom is 0.343 e. The molecule has 0 spiro atoms. The van der Waals surface area contributed by atoms with Crippen molar-refractivity contribution in [3.8, 4) is 0 Å². The van der Waals surface area contributed by atoms with Crippen molar-refractivity contribution in [1.29, 1.82) is 0 Å². The Bertz CT molecular complexity index is 909. The van der Waals surface area contributed by atoms with Crippen LogP contribution in [-0.4, -0.2) is 24.7 Å². The maximum atomic E-state index is 11.6. The molecule has 8 nitrogen and oxygen atoms in total. The van der Waals surface area contributed by atoms with Crippen molar-refractivity contribution in [1.82, 2.24) is 24.7 Å². The van der Waals surface area contributed by atoms with Gasteiger partial charge < -0.3 is 10.7 Å². The van der Waals surface area contributed by atoms with Gasteiger partial charge in [0.1, 0.15) is 0 Å². The Morgan fingerprint density at radius 3 is 2.85 bits per heavy atom. The number of hydrogen-bond donors (Lipinski definition) is 3. The first-order valence-electron chi connectivity index (χ1n) is 5.62. The molecule has 4 N–H and O–H groups in total. The summed E-state index contributed by atoms with van der Waals surface area (Å²) in [7, 11) is 1.61. The number of benzene rings is 1. The fourth-order valence-electron chi connectivity index (χ4n) is 1.72. The van der Waals surface area contributed by atoms with Crippen molar-refractivity contribution in [3.63, 3.8) is 0 Å². The number of fused-ring (bicyclic) bond motifs is 1. The summed E-state index contributed by atoms with van der Waals surface area (Å²) < 4.78 is 1.37. The molecule has 0 unspecified atom stereocenters. The van der Waals surface area contributed by atoms with Crippen LogP contribution in [0.2, 0.25) is 0 Å². The zero-order chi connectivity index (χ0) is 14.3. The average Bonchev–Trinajstić information content (AvgIpc) is 2.73. The van der Waals surface area contributed by atoms with Crippen LogP contribution in [0.1, 0.15) is 0 Å². The predicted octanol–water partition coefficient (Wildman–Crippen LogP) is 0.0783. The number of nitrogen functional groups attached to an aromatic ring is 1. The smallest absolute Gasteiger partial charge is 0.343 e. The quantitative estimate of drug-likeness (QED) is 0.574. The van der Waals surface area contributed by atoms with Crippen LogP contribution in [0.15, 0.2) is 38.1 Å². The lowest BCUT2D eigenvalue weighted by Crippen LogP contribution is -2.12. The van der Waals surface area contributed by atoms with Crippen molar-refractivity contribution in [2.24, 2.45) is 7.05 Å². The minimum absolute atomic E-state index is 0.245. The standard InChI is InChI=1S/C11H10N6O2S/c1-17-10(19)15-16-11(17)20-8-3-7-5(2-6(8)12)9(18)14-4-13-7/h2-4H,12H2,1H3,(H,15,19)(H,13,14,18). The Hall–Kier alpha value is -2.55. The van der Waals surface area contributed by atoms with E-state index in [9.17, 15) is 9.59 Å². The number of hydrogen-bond acceptors (Lipinski definition) is 6. The summed E-state index contributed by atoms with van der Waals surface area (Å²) in [6.45, 7) is 0. The molecule has 102 valence electrons. The van der Waals surface area contributed by atoms with Gasteiger partial charge in [0.15, 0.2) is 5.16 Å². The molecule has 0 aliphatic rings. The van der Waals surface area contributed by atoms with Gasteiger partial charge in [-0.3, -0.25) is 9.36 Å². The third kappa shape index (κ3) is 1.97. The van der Waals surface area contributed by atoms with Gasteiger partial charge in [-0.25, -0.2) is 14.9 Å². The van der Waals surface area contributed by atoms with Gasteiger partial charge in [-0.15, -0.1) is 5.10 Å². The minimum atomic E-state index is -0.304. The highest BCUT2D eigenvalue weighted by Gasteiger charge is 2.11. The first-order chi connectivity index (χ1) is 9.56. The van der Waals surface area contributed by atoms with E-state index >= 15 is 0 Å². The largest absolute Gasteiger partial charge is 0.398 e. The molecule has 0 saturated heterocycles. The fraction of sp³-hybridized carbons (Fsp3) is 0.0909. The van der Waals surface area contributed by atoms with Crippen LogP contribution < -0.4 is 17.0 Å². The van der Waals surface area contributed by atoms with Crippen molar-refractivity contribution in [3.05, 3.63) is 39.3 Å². The molecule has 9 heteroatoms. The normalized spacial score (nSPS) is 11.1. The molecule has 3 rings (SSSR count). The summed E-state index contributed by atoms with van der Waals surface area (Å²) >= 11 is 1.23. The van der Waals surface area contributed by atoms with Gasteiger partial charge in [0.05, 0.1) is 17.2 Å². The average molecular weight is 290 g/mol. The zero-order valence-corrected chi connectivity index (χ0v) is 11.2. The van der Waals surface area contributed by atoms with Gasteiger partial charge in [0.25, 0.3) is 5.56 Å². The molecule has 0 atom stereocenters. The minimum Gasteiger partial charge on any atom is -0.398 e. The van der Waals surface area contributed by atoms with Gasteiger partial charge in [-0.05, 0) is 23.9 Å². The van der Waals surface area contributed by atoms with Crippen molar-refractivity contribution >= 4 is 28.4 Å². The second-order valence-corrected chi connectivity index (χ2v) is 5.12. The molecular weight excluding hydrogens is 280 g/mol. The SMILES string of the molecule is Cn1c(Sc2cc3nc[nH]c(=O)c3cc2N)n[nH]c1=O. The van der Waals surface area contributed by atoms with E-state index in [-0.39, 0.29) is 11.2 Å².